The van der Waals surface area contributed by atoms with Gasteiger partial charge >= 0.3 is 11.9 Å². The Labute approximate surface area is 261 Å². The first kappa shape index (κ1) is 29.7. The van der Waals surface area contributed by atoms with Crippen molar-refractivity contribution in [1.29, 1.82) is 10.5 Å². The van der Waals surface area contributed by atoms with E-state index >= 15 is 0 Å². The lowest BCUT2D eigenvalue weighted by Crippen LogP contribution is -2.09. The van der Waals surface area contributed by atoms with Crippen LogP contribution in [-0.2, 0) is 9.59 Å². The molecule has 0 aliphatic heterocycles. The second-order valence-electron chi connectivity index (χ2n) is 9.62. The molecule has 0 saturated carbocycles. The van der Waals surface area contributed by atoms with E-state index in [0.717, 1.165) is 43.5 Å². The van der Waals surface area contributed by atoms with Gasteiger partial charge in [-0.15, -0.1) is 22.7 Å². The van der Waals surface area contributed by atoms with Gasteiger partial charge in [0.25, 0.3) is 0 Å². The molecule has 2 heterocycles. The maximum absolute atomic E-state index is 11.2. The maximum Gasteiger partial charge on any atom is 0.346 e. The highest BCUT2D eigenvalue weighted by Gasteiger charge is 2.15. The summed E-state index contributed by atoms with van der Waals surface area (Å²) in [7, 11) is 0. The summed E-state index contributed by atoms with van der Waals surface area (Å²) < 4.78 is 0. The summed E-state index contributed by atoms with van der Waals surface area (Å²) in [6, 6.07) is 35.3. The molecule has 3 aromatic carbocycles. The van der Waals surface area contributed by atoms with Crippen LogP contribution in [0.15, 0.2) is 108 Å². The van der Waals surface area contributed by atoms with Gasteiger partial charge in [0.1, 0.15) is 23.3 Å². The summed E-state index contributed by atoms with van der Waals surface area (Å²) in [5, 5.41) is 36.4. The Balaban J connectivity index is 1.45. The highest BCUT2D eigenvalue weighted by molar-refractivity contribution is 7.16. The third kappa shape index (κ3) is 6.66. The molecule has 2 aromatic heterocycles. The van der Waals surface area contributed by atoms with Crippen LogP contribution in [-0.4, -0.2) is 22.2 Å². The summed E-state index contributed by atoms with van der Waals surface area (Å²) in [5.41, 5.74) is 5.34. The van der Waals surface area contributed by atoms with E-state index in [9.17, 15) is 9.59 Å². The van der Waals surface area contributed by atoms with E-state index in [2.05, 4.69) is 29.2 Å². The molecule has 7 nitrogen and oxygen atoms in total. The zero-order valence-electron chi connectivity index (χ0n) is 23.3. The molecule has 214 valence electrons. The molecule has 5 aromatic rings. The quantitative estimate of drug-likeness (QED) is 0.126. The fraction of sp³-hybridized carbons (Fsp3) is 0.0286. The van der Waals surface area contributed by atoms with E-state index in [-0.39, 0.29) is 11.1 Å². The van der Waals surface area contributed by atoms with E-state index in [1.807, 2.05) is 67.6 Å². The normalized spacial score (nSPS) is 11.4. The predicted molar refractivity (Wildman–Crippen MR) is 175 cm³/mol. The van der Waals surface area contributed by atoms with Crippen LogP contribution in [0.1, 0.15) is 15.3 Å². The van der Waals surface area contributed by atoms with Gasteiger partial charge < -0.3 is 15.1 Å². The molecule has 0 amide bonds. The number of thiophene rings is 2. The molecule has 9 heteroatoms. The van der Waals surface area contributed by atoms with Gasteiger partial charge in [-0.1, -0.05) is 42.0 Å². The Kier molecular flexibility index (Phi) is 8.82. The van der Waals surface area contributed by atoms with Gasteiger partial charge in [0.05, 0.1) is 0 Å². The first-order chi connectivity index (χ1) is 21.2. The van der Waals surface area contributed by atoms with Crippen molar-refractivity contribution in [1.82, 2.24) is 0 Å². The van der Waals surface area contributed by atoms with Gasteiger partial charge in [0.2, 0.25) is 0 Å². The fourth-order valence-electron chi connectivity index (χ4n) is 4.43. The van der Waals surface area contributed by atoms with Crippen LogP contribution in [0, 0.1) is 29.6 Å². The number of carboxylic acid groups (broad SMARTS) is 2. The van der Waals surface area contributed by atoms with Crippen molar-refractivity contribution in [2.45, 2.75) is 6.92 Å². The molecular formula is C35H23N3O4S2. The van der Waals surface area contributed by atoms with Crippen LogP contribution in [0.2, 0.25) is 0 Å². The first-order valence-corrected chi connectivity index (χ1v) is 14.9. The van der Waals surface area contributed by atoms with Gasteiger partial charge in [0, 0.05) is 36.6 Å². The van der Waals surface area contributed by atoms with Crippen LogP contribution < -0.4 is 4.90 Å². The molecule has 0 bridgehead atoms. The zero-order chi connectivity index (χ0) is 31.2. The standard InChI is InChI=1S/C35H23N3O4S2/c1-22-2-8-27(9-3-22)38(28-10-4-23(5-11-28)32-16-14-30(43-32)18-25(20-36)34(39)40)29-12-6-24(7-13-29)33-17-15-31(44-33)19-26(21-37)35(41)42/h2-19H,1H3,(H,39,40)(H,41,42)/b25-18-,26-19-. The Morgan fingerprint density at radius 3 is 1.32 bits per heavy atom. The van der Waals surface area contributed by atoms with E-state index in [1.165, 1.54) is 34.8 Å². The molecule has 0 unspecified atom stereocenters. The van der Waals surface area contributed by atoms with Crippen molar-refractivity contribution in [2.24, 2.45) is 0 Å². The number of hydrogen-bond acceptors (Lipinski definition) is 7. The monoisotopic (exact) mass is 613 g/mol. The number of nitriles is 2. The Morgan fingerprint density at radius 2 is 0.977 bits per heavy atom. The predicted octanol–water partition coefficient (Wildman–Crippen LogP) is 8.90. The molecular weight excluding hydrogens is 591 g/mol. The van der Waals surface area contributed by atoms with Crippen molar-refractivity contribution >= 4 is 63.8 Å². The van der Waals surface area contributed by atoms with Crippen molar-refractivity contribution < 1.29 is 19.8 Å². The number of benzene rings is 3. The zero-order valence-corrected chi connectivity index (χ0v) is 24.9. The molecule has 0 radical (unpaired) electrons. The van der Waals surface area contributed by atoms with E-state index in [1.54, 1.807) is 24.3 Å². The Morgan fingerprint density at radius 1 is 0.614 bits per heavy atom. The molecule has 0 fully saturated rings. The summed E-state index contributed by atoms with van der Waals surface area (Å²) in [6.45, 7) is 2.04. The average Bonchev–Trinajstić information content (AvgIpc) is 3.70. The van der Waals surface area contributed by atoms with Crippen molar-refractivity contribution in [3.05, 3.63) is 124 Å². The van der Waals surface area contributed by atoms with Gasteiger partial charge in [-0.25, -0.2) is 9.59 Å². The van der Waals surface area contributed by atoms with E-state index < -0.39 is 11.9 Å². The van der Waals surface area contributed by atoms with Gasteiger partial charge in [-0.05, 0) is 90.9 Å². The summed E-state index contributed by atoms with van der Waals surface area (Å²) in [5.74, 6) is -2.50. The number of rotatable bonds is 9. The van der Waals surface area contributed by atoms with E-state index in [4.69, 9.17) is 20.7 Å². The molecule has 44 heavy (non-hydrogen) atoms. The van der Waals surface area contributed by atoms with Gasteiger partial charge in [0.15, 0.2) is 0 Å². The van der Waals surface area contributed by atoms with Gasteiger partial charge in [-0.2, -0.15) is 10.5 Å². The Bertz CT molecular complexity index is 1860. The summed E-state index contributed by atoms with van der Waals surface area (Å²) in [4.78, 5) is 27.8. The molecule has 5 rings (SSSR count). The maximum atomic E-state index is 11.2. The van der Waals surface area contributed by atoms with Gasteiger partial charge in [-0.3, -0.25) is 0 Å². The highest BCUT2D eigenvalue weighted by atomic mass is 32.1. The SMILES string of the molecule is Cc1ccc(N(c2ccc(-c3ccc(/C=C(/C#N)C(=O)O)s3)cc2)c2ccc(-c3ccc(/C=C(/C#N)C(=O)O)s3)cc2)cc1. The molecule has 0 spiro atoms. The third-order valence-corrected chi connectivity index (χ3v) is 8.80. The minimum Gasteiger partial charge on any atom is -0.477 e. The smallest absolute Gasteiger partial charge is 0.346 e. The van der Waals surface area contributed by atoms with Crippen LogP contribution >= 0.6 is 22.7 Å². The number of nitrogens with zero attached hydrogens (tertiary/aromatic N) is 3. The minimum absolute atomic E-state index is 0.309. The van der Waals surface area contributed by atoms with Crippen LogP contribution in [0.3, 0.4) is 0 Å². The Hall–Kier alpha value is -5.74. The van der Waals surface area contributed by atoms with Crippen LogP contribution in [0.4, 0.5) is 17.1 Å². The first-order valence-electron chi connectivity index (χ1n) is 13.2. The lowest BCUT2D eigenvalue weighted by atomic mass is 10.1. The second kappa shape index (κ2) is 13.1. The number of anilines is 3. The van der Waals surface area contributed by atoms with Crippen molar-refractivity contribution in [3.8, 4) is 33.0 Å². The average molecular weight is 614 g/mol. The number of carboxylic acids is 2. The minimum atomic E-state index is -1.25. The number of aliphatic carboxylic acids is 2. The number of aryl methyl sites for hydroxylation is 1. The fourth-order valence-corrected chi connectivity index (χ4v) is 6.34. The second-order valence-corrected chi connectivity index (χ2v) is 11.8. The van der Waals surface area contributed by atoms with E-state index in [0.29, 0.717) is 9.75 Å². The number of hydrogen-bond donors (Lipinski definition) is 2. The largest absolute Gasteiger partial charge is 0.477 e. The topological polar surface area (TPSA) is 125 Å². The lowest BCUT2D eigenvalue weighted by molar-refractivity contribution is -0.133. The number of carbonyl (C=O) groups is 2. The summed E-state index contributed by atoms with van der Waals surface area (Å²) in [6.07, 6.45) is 2.75. The molecule has 0 aliphatic rings. The van der Waals surface area contributed by atoms with Crippen molar-refractivity contribution in [3.63, 3.8) is 0 Å². The highest BCUT2D eigenvalue weighted by Crippen LogP contribution is 2.38. The molecule has 0 atom stereocenters. The van der Waals surface area contributed by atoms with Crippen LogP contribution in [0.25, 0.3) is 33.0 Å². The van der Waals surface area contributed by atoms with Crippen molar-refractivity contribution in [2.75, 3.05) is 4.90 Å². The third-order valence-electron chi connectivity index (χ3n) is 6.64. The molecule has 0 aliphatic carbocycles. The lowest BCUT2D eigenvalue weighted by Gasteiger charge is -2.26. The summed E-state index contributed by atoms with van der Waals surface area (Å²) >= 11 is 2.82. The van der Waals surface area contributed by atoms with Crippen LogP contribution in [0.5, 0.6) is 0 Å². The molecule has 2 N–H and O–H groups in total. The molecule has 0 saturated heterocycles.